The van der Waals surface area contributed by atoms with E-state index in [2.05, 4.69) is 4.98 Å². The quantitative estimate of drug-likeness (QED) is 0.575. The van der Waals surface area contributed by atoms with Crippen molar-refractivity contribution in [3.8, 4) is 5.69 Å². The van der Waals surface area contributed by atoms with E-state index in [0.717, 1.165) is 16.6 Å². The van der Waals surface area contributed by atoms with Gasteiger partial charge >= 0.3 is 0 Å². The maximum absolute atomic E-state index is 13.8. The van der Waals surface area contributed by atoms with E-state index in [1.54, 1.807) is 6.07 Å². The normalized spacial score (nSPS) is 12.8. The molecule has 5 heteroatoms. The minimum atomic E-state index is -0.322. The van der Waals surface area contributed by atoms with Gasteiger partial charge < -0.3 is 0 Å². The lowest BCUT2D eigenvalue weighted by Crippen LogP contribution is -2.03. The molecule has 1 aromatic heterocycles. The third kappa shape index (κ3) is 2.52. The molecule has 0 radical (unpaired) electrons. The summed E-state index contributed by atoms with van der Waals surface area (Å²) in [6.07, 6.45) is 0. The highest BCUT2D eigenvalue weighted by atomic mass is 35.5. The summed E-state index contributed by atoms with van der Waals surface area (Å²) in [6.45, 7) is 3.68. The molecule has 1 heterocycles. The molecule has 108 valence electrons. The van der Waals surface area contributed by atoms with Crippen LogP contribution in [0.1, 0.15) is 23.7 Å². The largest absolute Gasteiger partial charge is 0.293 e. The van der Waals surface area contributed by atoms with Gasteiger partial charge in [0.1, 0.15) is 11.6 Å². The van der Waals surface area contributed by atoms with Crippen LogP contribution in [0.5, 0.6) is 0 Å². The Bertz CT molecular complexity index is 804. The van der Waals surface area contributed by atoms with E-state index < -0.39 is 0 Å². The second-order valence-corrected chi connectivity index (χ2v) is 6.08. The van der Waals surface area contributed by atoms with Crippen molar-refractivity contribution in [1.82, 2.24) is 9.55 Å². The molecule has 3 rings (SSSR count). The van der Waals surface area contributed by atoms with Crippen molar-refractivity contribution < 1.29 is 4.39 Å². The van der Waals surface area contributed by atoms with Crippen LogP contribution in [0.2, 0.25) is 5.02 Å². The number of fused-ring (bicyclic) bond motifs is 1. The molecule has 1 atom stereocenters. The Hall–Kier alpha value is -1.58. The SMILES string of the molecule is Cc1cc(F)cc(-n2c(C(C)Cl)nc3cccc(Cl)c32)c1. The lowest BCUT2D eigenvalue weighted by Gasteiger charge is -2.12. The smallest absolute Gasteiger partial charge is 0.132 e. The van der Waals surface area contributed by atoms with Gasteiger partial charge in [0.15, 0.2) is 0 Å². The van der Waals surface area contributed by atoms with Crippen LogP contribution in [0.25, 0.3) is 16.7 Å². The summed E-state index contributed by atoms with van der Waals surface area (Å²) in [4.78, 5) is 4.53. The van der Waals surface area contributed by atoms with Crippen LogP contribution >= 0.6 is 23.2 Å². The van der Waals surface area contributed by atoms with Crippen LogP contribution < -0.4 is 0 Å². The van der Waals surface area contributed by atoms with E-state index in [9.17, 15) is 4.39 Å². The number of rotatable bonds is 2. The average Bonchev–Trinajstić information content (AvgIpc) is 2.78. The first-order chi connectivity index (χ1) is 9.97. The van der Waals surface area contributed by atoms with Crippen molar-refractivity contribution in [3.63, 3.8) is 0 Å². The zero-order valence-electron chi connectivity index (χ0n) is 11.6. The third-order valence-corrected chi connectivity index (χ3v) is 3.79. The zero-order chi connectivity index (χ0) is 15.1. The fourth-order valence-electron chi connectivity index (χ4n) is 2.48. The number of hydrogen-bond acceptors (Lipinski definition) is 1. The number of alkyl halides is 1. The number of hydrogen-bond donors (Lipinski definition) is 0. The summed E-state index contributed by atoms with van der Waals surface area (Å²) >= 11 is 12.6. The number of imidazole rings is 1. The molecule has 0 saturated carbocycles. The molecule has 2 nitrogen and oxygen atoms in total. The van der Waals surface area contributed by atoms with Gasteiger partial charge in [0, 0.05) is 0 Å². The minimum absolute atomic E-state index is 0.299. The number of aryl methyl sites for hydroxylation is 1. The number of benzene rings is 2. The zero-order valence-corrected chi connectivity index (χ0v) is 13.1. The van der Waals surface area contributed by atoms with Crippen LogP contribution in [0, 0.1) is 12.7 Å². The van der Waals surface area contributed by atoms with Gasteiger partial charge in [-0.2, -0.15) is 0 Å². The molecule has 3 aromatic rings. The van der Waals surface area contributed by atoms with E-state index in [4.69, 9.17) is 23.2 Å². The monoisotopic (exact) mass is 322 g/mol. The van der Waals surface area contributed by atoms with E-state index >= 15 is 0 Å². The highest BCUT2D eigenvalue weighted by Gasteiger charge is 2.18. The van der Waals surface area contributed by atoms with Crippen LogP contribution in [0.3, 0.4) is 0 Å². The predicted molar refractivity (Wildman–Crippen MR) is 85.0 cm³/mol. The molecule has 0 saturated heterocycles. The van der Waals surface area contributed by atoms with Gasteiger partial charge in [-0.15, -0.1) is 11.6 Å². The molecule has 0 aliphatic rings. The fraction of sp³-hybridized carbons (Fsp3) is 0.188. The Morgan fingerprint density at radius 1 is 1.24 bits per heavy atom. The molecule has 1 unspecified atom stereocenters. The number of para-hydroxylation sites is 1. The summed E-state index contributed by atoms with van der Waals surface area (Å²) in [5.41, 5.74) is 2.98. The Labute approximate surface area is 132 Å². The van der Waals surface area contributed by atoms with Gasteiger partial charge in [-0.1, -0.05) is 17.7 Å². The summed E-state index contributed by atoms with van der Waals surface area (Å²) in [5.74, 6) is 0.344. The molecule has 0 spiro atoms. The molecule has 2 aromatic carbocycles. The van der Waals surface area contributed by atoms with Crippen molar-refractivity contribution >= 4 is 34.2 Å². The molecule has 0 N–H and O–H groups in total. The van der Waals surface area contributed by atoms with Crippen molar-refractivity contribution in [3.05, 3.63) is 58.6 Å². The second-order valence-electron chi connectivity index (χ2n) is 5.02. The fourth-order valence-corrected chi connectivity index (χ4v) is 2.88. The van der Waals surface area contributed by atoms with E-state index in [1.165, 1.54) is 12.1 Å². The van der Waals surface area contributed by atoms with Crippen LogP contribution in [0.4, 0.5) is 4.39 Å². The lowest BCUT2D eigenvalue weighted by atomic mass is 10.2. The topological polar surface area (TPSA) is 17.8 Å². The van der Waals surface area contributed by atoms with Crippen molar-refractivity contribution in [2.75, 3.05) is 0 Å². The predicted octanol–water partition coefficient (Wildman–Crippen LogP) is 5.43. The van der Waals surface area contributed by atoms with Gasteiger partial charge in [0.25, 0.3) is 0 Å². The Balaban J connectivity index is 2.41. The van der Waals surface area contributed by atoms with Crippen molar-refractivity contribution in [2.24, 2.45) is 0 Å². The minimum Gasteiger partial charge on any atom is -0.293 e. The summed E-state index contributed by atoms with van der Waals surface area (Å²) < 4.78 is 15.6. The number of nitrogens with zero attached hydrogens (tertiary/aromatic N) is 2. The molecule has 21 heavy (non-hydrogen) atoms. The standard InChI is InChI=1S/C16H13Cl2FN2/c1-9-6-11(19)8-12(7-9)21-15-13(18)4-3-5-14(15)20-16(21)10(2)17/h3-8,10H,1-2H3. The van der Waals surface area contributed by atoms with E-state index in [1.807, 2.05) is 36.6 Å². The van der Waals surface area contributed by atoms with Gasteiger partial charge in [0.2, 0.25) is 0 Å². The molecule has 0 amide bonds. The van der Waals surface area contributed by atoms with E-state index in [-0.39, 0.29) is 11.2 Å². The highest BCUT2D eigenvalue weighted by molar-refractivity contribution is 6.35. The molecular weight excluding hydrogens is 310 g/mol. The molecule has 0 bridgehead atoms. The summed E-state index contributed by atoms with van der Waals surface area (Å²) in [5, 5.41) is 0.238. The second kappa shape index (κ2) is 5.32. The Morgan fingerprint density at radius 3 is 2.67 bits per heavy atom. The maximum atomic E-state index is 13.8. The Kier molecular flexibility index (Phi) is 3.64. The first kappa shape index (κ1) is 14.4. The number of halogens is 3. The van der Waals surface area contributed by atoms with Gasteiger partial charge in [0.05, 0.1) is 27.1 Å². The van der Waals surface area contributed by atoms with Crippen LogP contribution in [-0.4, -0.2) is 9.55 Å². The van der Waals surface area contributed by atoms with Gasteiger partial charge in [-0.3, -0.25) is 4.57 Å². The molecular formula is C16H13Cl2FN2. The molecule has 0 aliphatic heterocycles. The average molecular weight is 323 g/mol. The molecule has 0 fully saturated rings. The Morgan fingerprint density at radius 2 is 2.00 bits per heavy atom. The first-order valence-corrected chi connectivity index (χ1v) is 7.37. The summed E-state index contributed by atoms with van der Waals surface area (Å²) in [6, 6.07) is 10.3. The van der Waals surface area contributed by atoms with Crippen molar-refractivity contribution in [2.45, 2.75) is 19.2 Å². The van der Waals surface area contributed by atoms with E-state index in [0.29, 0.717) is 16.5 Å². The highest BCUT2D eigenvalue weighted by Crippen LogP contribution is 2.32. The van der Waals surface area contributed by atoms with Gasteiger partial charge in [-0.05, 0) is 49.7 Å². The van der Waals surface area contributed by atoms with Gasteiger partial charge in [-0.25, -0.2) is 9.37 Å². The van der Waals surface area contributed by atoms with Crippen LogP contribution in [-0.2, 0) is 0 Å². The number of aromatic nitrogens is 2. The molecule has 0 aliphatic carbocycles. The first-order valence-electron chi connectivity index (χ1n) is 6.56. The third-order valence-electron chi connectivity index (χ3n) is 3.29. The van der Waals surface area contributed by atoms with Crippen LogP contribution in [0.15, 0.2) is 36.4 Å². The maximum Gasteiger partial charge on any atom is 0.132 e. The van der Waals surface area contributed by atoms with Crippen molar-refractivity contribution in [1.29, 1.82) is 0 Å². The summed E-state index contributed by atoms with van der Waals surface area (Å²) in [7, 11) is 0. The lowest BCUT2D eigenvalue weighted by molar-refractivity contribution is 0.625.